The third-order valence-corrected chi connectivity index (χ3v) is 5.82. The van der Waals surface area contributed by atoms with Gasteiger partial charge in [0.2, 0.25) is 5.78 Å². The predicted octanol–water partition coefficient (Wildman–Crippen LogP) is 5.33. The van der Waals surface area contributed by atoms with Gasteiger partial charge in [-0.2, -0.15) is 0 Å². The molecule has 0 saturated carbocycles. The zero-order valence-corrected chi connectivity index (χ0v) is 18.3. The number of oxazole rings is 1. The van der Waals surface area contributed by atoms with Crippen LogP contribution in [-0.2, 0) is 6.54 Å². The van der Waals surface area contributed by atoms with Gasteiger partial charge in [-0.3, -0.25) is 4.79 Å². The van der Waals surface area contributed by atoms with Crippen molar-refractivity contribution in [3.05, 3.63) is 89.0 Å². The molecule has 1 N–H and O–H groups in total. The molecule has 3 heterocycles. The number of H-pyrrole nitrogens is 1. The van der Waals surface area contributed by atoms with Crippen LogP contribution in [0.3, 0.4) is 0 Å². The summed E-state index contributed by atoms with van der Waals surface area (Å²) in [6.07, 6.45) is 5.38. The van der Waals surface area contributed by atoms with E-state index in [1.807, 2.05) is 17.2 Å². The highest BCUT2D eigenvalue weighted by molar-refractivity contribution is 5.93. The van der Waals surface area contributed by atoms with E-state index in [1.165, 1.54) is 22.3 Å². The number of fused-ring (bicyclic) bond motifs is 1. The van der Waals surface area contributed by atoms with E-state index in [0.29, 0.717) is 12.3 Å². The number of benzene rings is 2. The summed E-state index contributed by atoms with van der Waals surface area (Å²) in [5.41, 5.74) is 7.88. The quantitative estimate of drug-likeness (QED) is 0.439. The second kappa shape index (κ2) is 7.96. The van der Waals surface area contributed by atoms with Crippen molar-refractivity contribution < 1.29 is 9.21 Å². The highest BCUT2D eigenvalue weighted by atomic mass is 16.4. The SMILES string of the molecule is Cc1cnc(C(=O)CN2C=Cc3nc(-c4ccc(-c5ccc(C)c(C)c5)cc4)[nH]c3C2)o1. The van der Waals surface area contributed by atoms with E-state index < -0.39 is 0 Å². The Hall–Kier alpha value is -3.93. The fraction of sp³-hybridized carbons (Fsp3) is 0.192. The first kappa shape index (κ1) is 20.0. The molecule has 0 fully saturated rings. The average molecular weight is 425 g/mol. The van der Waals surface area contributed by atoms with Crippen LogP contribution in [0.1, 0.15) is 39.0 Å². The molecule has 2 aromatic heterocycles. The molecule has 1 aliphatic heterocycles. The van der Waals surface area contributed by atoms with Gasteiger partial charge in [0.1, 0.15) is 11.6 Å². The van der Waals surface area contributed by atoms with Gasteiger partial charge < -0.3 is 14.3 Å². The first-order valence-corrected chi connectivity index (χ1v) is 10.6. The van der Waals surface area contributed by atoms with Gasteiger partial charge in [-0.1, -0.05) is 42.5 Å². The molecule has 0 amide bonds. The molecule has 0 unspecified atom stereocenters. The Bertz CT molecular complexity index is 1330. The summed E-state index contributed by atoms with van der Waals surface area (Å²) >= 11 is 0. The van der Waals surface area contributed by atoms with Crippen molar-refractivity contribution in [3.63, 3.8) is 0 Å². The number of aryl methyl sites for hydroxylation is 3. The Morgan fingerprint density at radius 3 is 2.50 bits per heavy atom. The number of nitrogens with one attached hydrogen (secondary N) is 1. The molecule has 2 aromatic carbocycles. The molecule has 6 nitrogen and oxygen atoms in total. The number of aromatic amines is 1. The molecule has 6 heteroatoms. The number of Topliss-reactive ketones (excluding diaryl/α,β-unsaturated/α-hetero) is 1. The maximum Gasteiger partial charge on any atom is 0.265 e. The van der Waals surface area contributed by atoms with E-state index in [0.717, 1.165) is 22.8 Å². The highest BCUT2D eigenvalue weighted by Crippen LogP contribution is 2.27. The number of ketones is 1. The number of carbonyl (C=O) groups excluding carboxylic acids is 1. The monoisotopic (exact) mass is 424 g/mol. The summed E-state index contributed by atoms with van der Waals surface area (Å²) in [5.74, 6) is 1.46. The number of rotatable bonds is 5. The third-order valence-electron chi connectivity index (χ3n) is 5.82. The maximum absolute atomic E-state index is 12.4. The number of carbonyl (C=O) groups is 1. The molecule has 0 aliphatic carbocycles. The molecule has 0 atom stereocenters. The smallest absolute Gasteiger partial charge is 0.265 e. The minimum Gasteiger partial charge on any atom is -0.439 e. The minimum atomic E-state index is -0.145. The molecule has 5 rings (SSSR count). The van der Waals surface area contributed by atoms with E-state index in [2.05, 4.69) is 66.3 Å². The van der Waals surface area contributed by atoms with Gasteiger partial charge in [-0.25, -0.2) is 9.97 Å². The standard InChI is InChI=1S/C26H24N4O2/c1-16-4-5-21(12-17(16)2)19-6-8-20(9-7-19)25-28-22-10-11-30(14-23(22)29-25)15-24(31)26-27-13-18(3)32-26/h4-13H,14-15H2,1-3H3,(H,28,29). The van der Waals surface area contributed by atoms with Crippen molar-refractivity contribution in [1.82, 2.24) is 19.9 Å². The fourth-order valence-corrected chi connectivity index (χ4v) is 3.84. The maximum atomic E-state index is 12.4. The van der Waals surface area contributed by atoms with Crippen molar-refractivity contribution in [2.24, 2.45) is 0 Å². The number of nitrogens with zero attached hydrogens (tertiary/aromatic N) is 3. The van der Waals surface area contributed by atoms with E-state index in [9.17, 15) is 4.79 Å². The van der Waals surface area contributed by atoms with Gasteiger partial charge in [0, 0.05) is 11.8 Å². The van der Waals surface area contributed by atoms with Crippen LogP contribution < -0.4 is 0 Å². The van der Waals surface area contributed by atoms with Crippen LogP contribution in [0.15, 0.2) is 59.3 Å². The van der Waals surface area contributed by atoms with Crippen LogP contribution in [0.25, 0.3) is 28.6 Å². The molecule has 0 saturated heterocycles. The Labute approximate surface area is 186 Å². The molecule has 32 heavy (non-hydrogen) atoms. The van der Waals surface area contributed by atoms with E-state index >= 15 is 0 Å². The lowest BCUT2D eigenvalue weighted by Crippen LogP contribution is -2.27. The lowest BCUT2D eigenvalue weighted by atomic mass is 9.99. The molecular weight excluding hydrogens is 400 g/mol. The van der Waals surface area contributed by atoms with Crippen molar-refractivity contribution in [3.8, 4) is 22.5 Å². The highest BCUT2D eigenvalue weighted by Gasteiger charge is 2.20. The second-order valence-corrected chi connectivity index (χ2v) is 8.25. The Morgan fingerprint density at radius 2 is 1.78 bits per heavy atom. The predicted molar refractivity (Wildman–Crippen MR) is 124 cm³/mol. The molecule has 4 aromatic rings. The summed E-state index contributed by atoms with van der Waals surface area (Å²) in [6, 6.07) is 15.0. The normalized spacial score (nSPS) is 12.8. The summed E-state index contributed by atoms with van der Waals surface area (Å²) < 4.78 is 5.34. The van der Waals surface area contributed by atoms with Crippen molar-refractivity contribution in [2.45, 2.75) is 27.3 Å². The van der Waals surface area contributed by atoms with Gasteiger partial charge >= 0.3 is 0 Å². The lowest BCUT2D eigenvalue weighted by molar-refractivity contribution is 0.0916. The van der Waals surface area contributed by atoms with Crippen LogP contribution in [0.2, 0.25) is 0 Å². The average Bonchev–Trinajstić information content (AvgIpc) is 3.42. The lowest BCUT2D eigenvalue weighted by Gasteiger charge is -2.21. The minimum absolute atomic E-state index is 0.145. The Kier molecular flexibility index (Phi) is 4.98. The number of imidazole rings is 1. The van der Waals surface area contributed by atoms with Crippen molar-refractivity contribution in [2.75, 3.05) is 6.54 Å². The van der Waals surface area contributed by atoms with Crippen LogP contribution in [0.5, 0.6) is 0 Å². The second-order valence-electron chi connectivity index (χ2n) is 8.25. The number of hydrogen-bond acceptors (Lipinski definition) is 5. The van der Waals surface area contributed by atoms with Gasteiger partial charge in [-0.15, -0.1) is 0 Å². The Morgan fingerprint density at radius 1 is 1.03 bits per heavy atom. The summed E-state index contributed by atoms with van der Waals surface area (Å²) in [5, 5.41) is 0. The zero-order valence-electron chi connectivity index (χ0n) is 18.3. The number of hydrogen-bond donors (Lipinski definition) is 1. The molecule has 0 bridgehead atoms. The molecule has 1 aliphatic rings. The van der Waals surface area contributed by atoms with Crippen LogP contribution in [0, 0.1) is 20.8 Å². The van der Waals surface area contributed by atoms with E-state index in [1.54, 1.807) is 13.1 Å². The molecule has 160 valence electrons. The summed E-state index contributed by atoms with van der Waals surface area (Å²) in [4.78, 5) is 26.5. The topological polar surface area (TPSA) is 75.0 Å². The van der Waals surface area contributed by atoms with Gasteiger partial charge in [0.25, 0.3) is 5.89 Å². The van der Waals surface area contributed by atoms with E-state index in [-0.39, 0.29) is 18.2 Å². The van der Waals surface area contributed by atoms with Gasteiger partial charge in [-0.05, 0) is 49.1 Å². The molecule has 0 spiro atoms. The zero-order chi connectivity index (χ0) is 22.2. The van der Waals surface area contributed by atoms with Crippen molar-refractivity contribution >= 4 is 11.9 Å². The first-order valence-electron chi connectivity index (χ1n) is 10.6. The van der Waals surface area contributed by atoms with Gasteiger partial charge in [0.05, 0.1) is 30.7 Å². The summed E-state index contributed by atoms with van der Waals surface area (Å²) in [6.45, 7) is 6.82. The largest absolute Gasteiger partial charge is 0.439 e. The molecule has 0 radical (unpaired) electrons. The molecular formula is C26H24N4O2. The van der Waals surface area contributed by atoms with Crippen molar-refractivity contribution in [1.29, 1.82) is 0 Å². The summed E-state index contributed by atoms with van der Waals surface area (Å²) in [7, 11) is 0. The van der Waals surface area contributed by atoms with Crippen LogP contribution in [-0.4, -0.2) is 32.2 Å². The fourth-order valence-electron chi connectivity index (χ4n) is 3.84. The number of aromatic nitrogens is 3. The van der Waals surface area contributed by atoms with Crippen LogP contribution in [0.4, 0.5) is 0 Å². The van der Waals surface area contributed by atoms with E-state index in [4.69, 9.17) is 9.40 Å². The third kappa shape index (κ3) is 3.87. The Balaban J connectivity index is 1.31. The van der Waals surface area contributed by atoms with Gasteiger partial charge in [0.15, 0.2) is 0 Å². The first-order chi connectivity index (χ1) is 15.5. The van der Waals surface area contributed by atoms with Crippen LogP contribution >= 0.6 is 0 Å².